The molecule has 0 unspecified atom stereocenters. The molecule has 0 spiro atoms. The molecule has 1 aliphatic rings. The maximum Gasteiger partial charge on any atom is 0.389 e. The highest BCUT2D eigenvalue weighted by Gasteiger charge is 2.52. The summed E-state index contributed by atoms with van der Waals surface area (Å²) < 4.78 is 67.3. The van der Waals surface area contributed by atoms with Gasteiger partial charge in [-0.3, -0.25) is 20.0 Å². The topological polar surface area (TPSA) is 122 Å². The van der Waals surface area contributed by atoms with E-state index in [0.29, 0.717) is 43.2 Å². The first-order valence-corrected chi connectivity index (χ1v) is 12.9. The molecular weight excluding hydrogens is 501 g/mol. The zero-order valence-corrected chi connectivity index (χ0v) is 20.6. The number of carbonyl (C=O) groups excluding carboxylic acids is 1. The minimum Gasteiger partial charge on any atom is -0.383 e. The Hall–Kier alpha value is -2.61. The number of methoxy groups -OCH3 is 1. The molecule has 198 valence electrons. The van der Waals surface area contributed by atoms with Crippen molar-refractivity contribution in [3.63, 3.8) is 0 Å². The third-order valence-corrected chi connectivity index (χ3v) is 8.88. The van der Waals surface area contributed by atoms with Crippen LogP contribution < -0.4 is 5.48 Å². The Balaban J connectivity index is 1.75. The SMILES string of the molecule is COCCN1CCC(C(=O)NO)(S(=O)(=O)c2ccc(-c3cnc(CCCC(F)(F)F)cn3)cc2)CC1. The van der Waals surface area contributed by atoms with E-state index in [1.165, 1.54) is 42.1 Å². The van der Waals surface area contributed by atoms with Crippen LogP contribution in [0.25, 0.3) is 11.3 Å². The third kappa shape index (κ3) is 6.38. The van der Waals surface area contributed by atoms with Gasteiger partial charge >= 0.3 is 6.18 Å². The summed E-state index contributed by atoms with van der Waals surface area (Å²) in [6.45, 7) is 1.77. The summed E-state index contributed by atoms with van der Waals surface area (Å²) in [5, 5.41) is 9.31. The van der Waals surface area contributed by atoms with Crippen LogP contribution >= 0.6 is 0 Å². The lowest BCUT2D eigenvalue weighted by Gasteiger charge is -2.39. The van der Waals surface area contributed by atoms with E-state index in [4.69, 9.17) is 4.74 Å². The normalized spacial score (nSPS) is 16.6. The van der Waals surface area contributed by atoms with Crippen molar-refractivity contribution in [3.8, 4) is 11.3 Å². The maximum atomic E-state index is 13.6. The van der Waals surface area contributed by atoms with Crippen LogP contribution in [0.1, 0.15) is 31.4 Å². The molecule has 1 aromatic carbocycles. The molecular formula is C23H29F3N4O5S. The summed E-state index contributed by atoms with van der Waals surface area (Å²) in [4.78, 5) is 22.9. The van der Waals surface area contributed by atoms with Crippen LogP contribution in [0, 0.1) is 0 Å². The highest BCUT2D eigenvalue weighted by atomic mass is 32.2. The first-order valence-electron chi connectivity index (χ1n) is 11.4. The number of benzene rings is 1. The quantitative estimate of drug-likeness (QED) is 0.355. The van der Waals surface area contributed by atoms with E-state index >= 15 is 0 Å². The maximum absolute atomic E-state index is 13.6. The lowest BCUT2D eigenvalue weighted by Crippen LogP contribution is -2.58. The van der Waals surface area contributed by atoms with Crippen LogP contribution in [0.4, 0.5) is 13.2 Å². The van der Waals surface area contributed by atoms with Crippen LogP contribution in [0.5, 0.6) is 0 Å². The second-order valence-electron chi connectivity index (χ2n) is 8.66. The van der Waals surface area contributed by atoms with Gasteiger partial charge in [-0.1, -0.05) is 12.1 Å². The summed E-state index contributed by atoms with van der Waals surface area (Å²) >= 11 is 0. The van der Waals surface area contributed by atoms with Gasteiger partial charge in [-0.05, 0) is 37.8 Å². The van der Waals surface area contributed by atoms with Crippen molar-refractivity contribution in [1.82, 2.24) is 20.3 Å². The zero-order chi connectivity index (χ0) is 26.4. The number of carbonyl (C=O) groups is 1. The molecule has 3 rings (SSSR count). The van der Waals surface area contributed by atoms with Crippen LogP contribution in [0.15, 0.2) is 41.6 Å². The molecule has 2 aromatic rings. The van der Waals surface area contributed by atoms with Crippen LogP contribution in [0.2, 0.25) is 0 Å². The number of ether oxygens (including phenoxy) is 1. The van der Waals surface area contributed by atoms with Gasteiger partial charge in [-0.25, -0.2) is 13.9 Å². The predicted octanol–water partition coefficient (Wildman–Crippen LogP) is 2.79. The van der Waals surface area contributed by atoms with Crippen molar-refractivity contribution < 1.29 is 36.3 Å². The number of alkyl halides is 3. The average Bonchev–Trinajstić information content (AvgIpc) is 2.87. The molecule has 1 fully saturated rings. The Labute approximate surface area is 207 Å². The number of rotatable bonds is 10. The summed E-state index contributed by atoms with van der Waals surface area (Å²) in [5.74, 6) is -0.968. The van der Waals surface area contributed by atoms with Crippen molar-refractivity contribution in [3.05, 3.63) is 42.4 Å². The van der Waals surface area contributed by atoms with E-state index in [0.717, 1.165) is 0 Å². The van der Waals surface area contributed by atoms with E-state index < -0.39 is 33.1 Å². The molecule has 0 radical (unpaired) electrons. The Morgan fingerprint density at radius 2 is 1.83 bits per heavy atom. The minimum atomic E-state index is -4.22. The van der Waals surface area contributed by atoms with Crippen molar-refractivity contribution in [2.24, 2.45) is 0 Å². The van der Waals surface area contributed by atoms with E-state index in [1.54, 1.807) is 7.11 Å². The molecule has 9 nitrogen and oxygen atoms in total. The van der Waals surface area contributed by atoms with Crippen molar-refractivity contribution in [2.45, 2.75) is 47.9 Å². The Morgan fingerprint density at radius 3 is 2.36 bits per heavy atom. The summed E-state index contributed by atoms with van der Waals surface area (Å²) in [5.41, 5.74) is 2.94. The van der Waals surface area contributed by atoms with E-state index in [9.17, 15) is 31.6 Å². The third-order valence-electron chi connectivity index (χ3n) is 6.36. The molecule has 2 heterocycles. The fourth-order valence-electron chi connectivity index (χ4n) is 4.21. The van der Waals surface area contributed by atoms with Gasteiger partial charge in [-0.2, -0.15) is 13.2 Å². The smallest absolute Gasteiger partial charge is 0.383 e. The number of halogens is 3. The fraction of sp³-hybridized carbons (Fsp3) is 0.522. The zero-order valence-electron chi connectivity index (χ0n) is 19.8. The van der Waals surface area contributed by atoms with Gasteiger partial charge in [0.1, 0.15) is 0 Å². The van der Waals surface area contributed by atoms with E-state index in [2.05, 4.69) is 9.97 Å². The average molecular weight is 531 g/mol. The van der Waals surface area contributed by atoms with Gasteiger partial charge in [0.05, 0.1) is 29.1 Å². The highest BCUT2D eigenvalue weighted by Crippen LogP contribution is 2.36. The van der Waals surface area contributed by atoms with Gasteiger partial charge in [0.25, 0.3) is 5.91 Å². The molecule has 1 amide bonds. The lowest BCUT2D eigenvalue weighted by molar-refractivity contribution is -0.135. The Morgan fingerprint density at radius 1 is 1.17 bits per heavy atom. The van der Waals surface area contributed by atoms with Crippen LogP contribution in [0.3, 0.4) is 0 Å². The van der Waals surface area contributed by atoms with E-state index in [1.807, 2.05) is 4.90 Å². The number of hydrogen-bond donors (Lipinski definition) is 2. The largest absolute Gasteiger partial charge is 0.389 e. The number of nitrogens with one attached hydrogen (secondary N) is 1. The van der Waals surface area contributed by atoms with Crippen molar-refractivity contribution >= 4 is 15.7 Å². The standard InChI is InChI=1S/C23H29F3N4O5S/c1-35-14-13-30-11-9-22(10-12-30,21(31)29-32)36(33,34)19-6-4-17(5-7-19)20-16-27-18(15-28-20)3-2-8-23(24,25)26/h4-7,15-16,32H,2-3,8-14H2,1H3,(H,29,31). The summed E-state index contributed by atoms with van der Waals surface area (Å²) in [6.07, 6.45) is -2.22. The minimum absolute atomic E-state index is 0.00840. The molecule has 36 heavy (non-hydrogen) atoms. The van der Waals surface area contributed by atoms with Gasteiger partial charge in [0, 0.05) is 44.9 Å². The molecule has 13 heteroatoms. The molecule has 0 saturated carbocycles. The summed E-state index contributed by atoms with van der Waals surface area (Å²) in [6, 6.07) is 5.79. The van der Waals surface area contributed by atoms with Gasteiger partial charge in [-0.15, -0.1) is 0 Å². The molecule has 1 aliphatic heterocycles. The highest BCUT2D eigenvalue weighted by molar-refractivity contribution is 7.93. The molecule has 1 aromatic heterocycles. The van der Waals surface area contributed by atoms with Crippen molar-refractivity contribution in [2.75, 3.05) is 33.4 Å². The lowest BCUT2D eigenvalue weighted by atomic mass is 9.95. The number of sulfone groups is 1. The number of amides is 1. The number of hydrogen-bond acceptors (Lipinski definition) is 8. The number of nitrogens with zero attached hydrogens (tertiary/aromatic N) is 3. The van der Waals surface area contributed by atoms with Crippen molar-refractivity contribution in [1.29, 1.82) is 0 Å². The number of likely N-dealkylation sites (tertiary alicyclic amines) is 1. The van der Waals surface area contributed by atoms with E-state index in [-0.39, 0.29) is 30.6 Å². The molecule has 0 bridgehead atoms. The number of hydroxylamine groups is 1. The van der Waals surface area contributed by atoms with Gasteiger partial charge in [0.15, 0.2) is 14.6 Å². The van der Waals surface area contributed by atoms with Gasteiger partial charge in [0.2, 0.25) is 0 Å². The molecule has 1 saturated heterocycles. The number of aromatic nitrogens is 2. The van der Waals surface area contributed by atoms with Crippen LogP contribution in [-0.4, -0.2) is 78.7 Å². The molecule has 0 atom stereocenters. The van der Waals surface area contributed by atoms with Crippen LogP contribution in [-0.2, 0) is 25.8 Å². The molecule has 2 N–H and O–H groups in total. The monoisotopic (exact) mass is 530 g/mol. The second-order valence-corrected chi connectivity index (χ2v) is 10.9. The predicted molar refractivity (Wildman–Crippen MR) is 124 cm³/mol. The first-order chi connectivity index (χ1) is 17.0. The molecule has 0 aliphatic carbocycles. The fourth-order valence-corrected chi connectivity index (χ4v) is 6.17. The summed E-state index contributed by atoms with van der Waals surface area (Å²) in [7, 11) is -2.60. The Bertz CT molecular complexity index is 1120. The number of aryl methyl sites for hydroxylation is 1. The Kier molecular flexibility index (Phi) is 9.03. The second kappa shape index (κ2) is 11.6. The number of piperidine rings is 1. The first kappa shape index (κ1) is 28.0. The van der Waals surface area contributed by atoms with Gasteiger partial charge < -0.3 is 9.64 Å².